The van der Waals surface area contributed by atoms with E-state index in [-0.39, 0.29) is 5.91 Å². The predicted octanol–water partition coefficient (Wildman–Crippen LogP) is 0.351. The number of anilines is 1. The van der Waals surface area contributed by atoms with Gasteiger partial charge in [0.2, 0.25) is 5.95 Å². The molecular formula is C10H11N5OS. The van der Waals surface area contributed by atoms with E-state index in [1.54, 1.807) is 0 Å². The summed E-state index contributed by atoms with van der Waals surface area (Å²) in [5, 5.41) is 8.32. The molecule has 1 aliphatic rings. The largest absolute Gasteiger partial charge is 0.328 e. The maximum atomic E-state index is 11.3. The maximum Gasteiger partial charge on any atom is 0.275 e. The number of aryl methyl sites for hydroxylation is 2. The van der Waals surface area contributed by atoms with Crippen LogP contribution in [0.5, 0.6) is 0 Å². The summed E-state index contributed by atoms with van der Waals surface area (Å²) in [5.74, 6) is 0.175. The standard InChI is InChI=1S/C10H11N5OS/c1-5-3-6(2)13-9(12-5)11-4-7-8(16)15-10(17)14-7/h3-4H,1-2H3,(H,11,12,13)(H2,14,15,16,17)/b7-4-. The minimum atomic E-state index is -0.271. The Balaban J connectivity index is 2.14. The SMILES string of the molecule is Cc1cc(C)nc(N/C=C2\NC(=S)NC2=O)n1. The van der Waals surface area contributed by atoms with Crippen LogP contribution >= 0.6 is 12.2 Å². The highest BCUT2D eigenvalue weighted by atomic mass is 32.1. The molecule has 0 unspecified atom stereocenters. The summed E-state index contributed by atoms with van der Waals surface area (Å²) in [4.78, 5) is 19.7. The summed E-state index contributed by atoms with van der Waals surface area (Å²) in [6.45, 7) is 3.76. The number of nitrogens with zero attached hydrogens (tertiary/aromatic N) is 2. The molecule has 88 valence electrons. The van der Waals surface area contributed by atoms with E-state index in [9.17, 15) is 4.79 Å². The van der Waals surface area contributed by atoms with E-state index in [4.69, 9.17) is 12.2 Å². The zero-order valence-electron chi connectivity index (χ0n) is 9.37. The normalized spacial score (nSPS) is 16.9. The summed E-state index contributed by atoms with van der Waals surface area (Å²) in [7, 11) is 0. The van der Waals surface area contributed by atoms with Crippen LogP contribution in [0.4, 0.5) is 5.95 Å². The lowest BCUT2D eigenvalue weighted by Crippen LogP contribution is -2.21. The van der Waals surface area contributed by atoms with Gasteiger partial charge in [-0.25, -0.2) is 9.97 Å². The molecule has 0 aromatic carbocycles. The van der Waals surface area contributed by atoms with Crippen LogP contribution in [-0.4, -0.2) is 21.0 Å². The Labute approximate surface area is 104 Å². The molecule has 0 aliphatic carbocycles. The van der Waals surface area contributed by atoms with Gasteiger partial charge in [0.1, 0.15) is 5.70 Å². The lowest BCUT2D eigenvalue weighted by molar-refractivity contribution is -0.115. The van der Waals surface area contributed by atoms with Crippen LogP contribution in [0, 0.1) is 13.8 Å². The predicted molar refractivity (Wildman–Crippen MR) is 67.1 cm³/mol. The lowest BCUT2D eigenvalue weighted by atomic mass is 10.4. The van der Waals surface area contributed by atoms with Gasteiger partial charge in [0.15, 0.2) is 5.11 Å². The molecule has 2 heterocycles. The number of hydrogen-bond donors (Lipinski definition) is 3. The van der Waals surface area contributed by atoms with Crippen molar-refractivity contribution in [1.29, 1.82) is 0 Å². The lowest BCUT2D eigenvalue weighted by Gasteiger charge is -2.02. The van der Waals surface area contributed by atoms with Crippen LogP contribution in [-0.2, 0) is 4.79 Å². The number of rotatable bonds is 2. The third-order valence-corrected chi connectivity index (χ3v) is 2.25. The first-order valence-corrected chi connectivity index (χ1v) is 5.37. The first kappa shape index (κ1) is 11.5. The van der Waals surface area contributed by atoms with Crippen molar-refractivity contribution in [3.05, 3.63) is 29.4 Å². The average molecular weight is 249 g/mol. The molecule has 1 amide bonds. The highest BCUT2D eigenvalue weighted by molar-refractivity contribution is 7.80. The van der Waals surface area contributed by atoms with Gasteiger partial charge in [0, 0.05) is 17.6 Å². The Bertz CT molecular complexity index is 505. The molecule has 2 rings (SSSR count). The third-order valence-electron chi connectivity index (χ3n) is 2.05. The summed E-state index contributed by atoms with van der Waals surface area (Å²) < 4.78 is 0. The van der Waals surface area contributed by atoms with E-state index in [0.717, 1.165) is 11.4 Å². The van der Waals surface area contributed by atoms with E-state index >= 15 is 0 Å². The Morgan fingerprint density at radius 1 is 1.29 bits per heavy atom. The van der Waals surface area contributed by atoms with Gasteiger partial charge in [-0.3, -0.25) is 10.1 Å². The number of nitrogens with one attached hydrogen (secondary N) is 3. The number of carbonyl (C=O) groups is 1. The van der Waals surface area contributed by atoms with E-state index in [1.165, 1.54) is 6.20 Å². The van der Waals surface area contributed by atoms with Crippen LogP contribution in [0.15, 0.2) is 18.0 Å². The molecule has 6 nitrogen and oxygen atoms in total. The van der Waals surface area contributed by atoms with Gasteiger partial charge in [-0.15, -0.1) is 0 Å². The van der Waals surface area contributed by atoms with Crippen molar-refractivity contribution in [3.8, 4) is 0 Å². The topological polar surface area (TPSA) is 78.9 Å². The first-order valence-electron chi connectivity index (χ1n) is 4.96. The van der Waals surface area contributed by atoms with Crippen molar-refractivity contribution in [2.45, 2.75) is 13.8 Å². The Morgan fingerprint density at radius 3 is 2.47 bits per heavy atom. The molecule has 0 spiro atoms. The smallest absolute Gasteiger partial charge is 0.275 e. The minimum Gasteiger partial charge on any atom is -0.328 e. The molecule has 17 heavy (non-hydrogen) atoms. The van der Waals surface area contributed by atoms with E-state index in [2.05, 4.69) is 25.9 Å². The van der Waals surface area contributed by atoms with Crippen molar-refractivity contribution < 1.29 is 4.79 Å². The second-order valence-corrected chi connectivity index (χ2v) is 3.99. The van der Waals surface area contributed by atoms with E-state index in [0.29, 0.717) is 16.8 Å². The van der Waals surface area contributed by atoms with Gasteiger partial charge in [0.05, 0.1) is 0 Å². The molecule has 7 heteroatoms. The number of hydrogen-bond acceptors (Lipinski definition) is 5. The fraction of sp³-hybridized carbons (Fsp3) is 0.200. The summed E-state index contributed by atoms with van der Waals surface area (Å²) in [5.41, 5.74) is 2.06. The first-order chi connectivity index (χ1) is 8.04. The highest BCUT2D eigenvalue weighted by Crippen LogP contribution is 2.05. The highest BCUT2D eigenvalue weighted by Gasteiger charge is 2.19. The second kappa shape index (κ2) is 4.46. The monoisotopic (exact) mass is 249 g/mol. The molecule has 0 bridgehead atoms. The summed E-state index contributed by atoms with van der Waals surface area (Å²) >= 11 is 4.80. The third kappa shape index (κ3) is 2.76. The molecule has 1 aromatic heterocycles. The summed E-state index contributed by atoms with van der Waals surface area (Å²) in [6.07, 6.45) is 1.49. The van der Waals surface area contributed by atoms with Crippen LogP contribution in [0.2, 0.25) is 0 Å². The quantitative estimate of drug-likeness (QED) is 0.518. The van der Waals surface area contributed by atoms with Crippen LogP contribution < -0.4 is 16.0 Å². The van der Waals surface area contributed by atoms with E-state index < -0.39 is 0 Å². The average Bonchev–Trinajstić information content (AvgIpc) is 2.53. The van der Waals surface area contributed by atoms with Crippen LogP contribution in [0.25, 0.3) is 0 Å². The molecule has 1 saturated heterocycles. The number of thiocarbonyl (C=S) groups is 1. The zero-order chi connectivity index (χ0) is 12.4. The number of aromatic nitrogens is 2. The Hall–Kier alpha value is -2.02. The maximum absolute atomic E-state index is 11.3. The fourth-order valence-corrected chi connectivity index (χ4v) is 1.61. The van der Waals surface area contributed by atoms with Crippen molar-refractivity contribution in [3.63, 3.8) is 0 Å². The molecule has 0 atom stereocenters. The number of carbonyl (C=O) groups excluding carboxylic acids is 1. The Morgan fingerprint density at radius 2 is 1.94 bits per heavy atom. The Kier molecular flexibility index (Phi) is 3.01. The van der Waals surface area contributed by atoms with Crippen molar-refractivity contribution >= 4 is 29.2 Å². The van der Waals surface area contributed by atoms with E-state index in [1.807, 2.05) is 19.9 Å². The number of amides is 1. The zero-order valence-corrected chi connectivity index (χ0v) is 10.2. The molecular weight excluding hydrogens is 238 g/mol. The fourth-order valence-electron chi connectivity index (χ4n) is 1.41. The van der Waals surface area contributed by atoms with Crippen LogP contribution in [0.1, 0.15) is 11.4 Å². The van der Waals surface area contributed by atoms with Crippen molar-refractivity contribution in [2.24, 2.45) is 0 Å². The summed E-state index contributed by atoms with van der Waals surface area (Å²) in [6, 6.07) is 1.87. The molecule has 1 aliphatic heterocycles. The molecule has 0 radical (unpaired) electrons. The van der Waals surface area contributed by atoms with Gasteiger partial charge in [-0.1, -0.05) is 0 Å². The van der Waals surface area contributed by atoms with Gasteiger partial charge < -0.3 is 10.6 Å². The van der Waals surface area contributed by atoms with Crippen molar-refractivity contribution in [2.75, 3.05) is 5.32 Å². The van der Waals surface area contributed by atoms with Crippen LogP contribution in [0.3, 0.4) is 0 Å². The molecule has 0 saturated carbocycles. The van der Waals surface area contributed by atoms with Gasteiger partial charge in [-0.05, 0) is 32.1 Å². The van der Waals surface area contributed by atoms with Gasteiger partial charge in [0.25, 0.3) is 5.91 Å². The van der Waals surface area contributed by atoms with Gasteiger partial charge in [-0.2, -0.15) is 0 Å². The molecule has 1 fully saturated rings. The van der Waals surface area contributed by atoms with Crippen molar-refractivity contribution in [1.82, 2.24) is 20.6 Å². The minimum absolute atomic E-state index is 0.271. The second-order valence-electron chi connectivity index (χ2n) is 3.58. The van der Waals surface area contributed by atoms with Gasteiger partial charge >= 0.3 is 0 Å². The molecule has 3 N–H and O–H groups in total. The molecule has 1 aromatic rings.